The Hall–Kier alpha value is -1.19. The van der Waals surface area contributed by atoms with E-state index in [-0.39, 0.29) is 5.92 Å². The lowest BCUT2D eigenvalue weighted by Gasteiger charge is -2.24. The molecule has 3 heteroatoms. The summed E-state index contributed by atoms with van der Waals surface area (Å²) in [5, 5.41) is 3.36. The molecule has 0 atom stereocenters. The first-order chi connectivity index (χ1) is 8.86. The van der Waals surface area contributed by atoms with E-state index >= 15 is 0 Å². The minimum Gasteiger partial charge on any atom is -0.381 e. The Morgan fingerprint density at radius 3 is 2.94 bits per heavy atom. The predicted octanol–water partition coefficient (Wildman–Crippen LogP) is 1.94. The van der Waals surface area contributed by atoms with E-state index in [9.17, 15) is 4.79 Å². The second-order valence-electron chi connectivity index (χ2n) is 5.12. The molecule has 96 valence electrons. The summed E-state index contributed by atoms with van der Waals surface area (Å²) in [6.45, 7) is 3.33. The van der Waals surface area contributed by atoms with Crippen LogP contribution in [-0.2, 0) is 17.7 Å². The number of rotatable bonds is 2. The van der Waals surface area contributed by atoms with Crippen molar-refractivity contribution in [1.29, 1.82) is 0 Å². The molecule has 0 aromatic heterocycles. The van der Waals surface area contributed by atoms with Crippen LogP contribution in [0.5, 0.6) is 0 Å². The molecule has 1 saturated heterocycles. The molecule has 0 aliphatic carbocycles. The highest BCUT2D eigenvalue weighted by molar-refractivity contribution is 5.99. The Bertz CT molecular complexity index is 450. The summed E-state index contributed by atoms with van der Waals surface area (Å²) in [6, 6.07) is 6.14. The topological polar surface area (TPSA) is 38.3 Å². The molecule has 3 nitrogen and oxygen atoms in total. The van der Waals surface area contributed by atoms with Crippen LogP contribution in [0.25, 0.3) is 0 Å². The van der Waals surface area contributed by atoms with Crippen molar-refractivity contribution in [2.45, 2.75) is 25.8 Å². The summed E-state index contributed by atoms with van der Waals surface area (Å²) in [5.41, 5.74) is 3.52. The normalized spacial score (nSPS) is 20.4. The molecule has 18 heavy (non-hydrogen) atoms. The summed E-state index contributed by atoms with van der Waals surface area (Å²) in [6.07, 6.45) is 2.72. The number of ether oxygens (including phenoxy) is 1. The van der Waals surface area contributed by atoms with Gasteiger partial charge in [0.05, 0.1) is 0 Å². The van der Waals surface area contributed by atoms with Crippen LogP contribution in [0, 0.1) is 5.92 Å². The van der Waals surface area contributed by atoms with Crippen LogP contribution in [0.4, 0.5) is 0 Å². The highest BCUT2D eigenvalue weighted by Gasteiger charge is 2.25. The standard InChI is InChI=1S/C15H19NO2/c17-15(11-5-8-18-9-6-11)14-3-1-2-12-10-16-7-4-13(12)14/h1-3,11,16H,4-10H2. The lowest BCUT2D eigenvalue weighted by atomic mass is 9.85. The van der Waals surface area contributed by atoms with Gasteiger partial charge in [-0.25, -0.2) is 0 Å². The molecule has 0 saturated carbocycles. The SMILES string of the molecule is O=C(c1cccc2c1CCNC2)C1CCOCC1. The zero-order chi connectivity index (χ0) is 12.4. The van der Waals surface area contributed by atoms with Crippen molar-refractivity contribution in [1.82, 2.24) is 5.32 Å². The first kappa shape index (κ1) is 11.9. The van der Waals surface area contributed by atoms with Gasteiger partial charge in [0.25, 0.3) is 0 Å². The van der Waals surface area contributed by atoms with Gasteiger partial charge >= 0.3 is 0 Å². The highest BCUT2D eigenvalue weighted by Crippen LogP contribution is 2.25. The molecular formula is C15H19NO2. The van der Waals surface area contributed by atoms with Crippen molar-refractivity contribution in [3.8, 4) is 0 Å². The Morgan fingerprint density at radius 2 is 2.11 bits per heavy atom. The highest BCUT2D eigenvalue weighted by atomic mass is 16.5. The monoisotopic (exact) mass is 245 g/mol. The lowest BCUT2D eigenvalue weighted by molar-refractivity contribution is 0.0544. The van der Waals surface area contributed by atoms with Gasteiger partial charge in [0.15, 0.2) is 5.78 Å². The molecule has 0 amide bonds. The molecule has 1 N–H and O–H groups in total. The Labute approximate surface area is 108 Å². The smallest absolute Gasteiger partial charge is 0.166 e. The lowest BCUT2D eigenvalue weighted by Crippen LogP contribution is -2.28. The molecule has 0 unspecified atom stereocenters. The van der Waals surface area contributed by atoms with Gasteiger partial charge in [-0.3, -0.25) is 4.79 Å². The van der Waals surface area contributed by atoms with Gasteiger partial charge in [0, 0.05) is 31.2 Å². The number of fused-ring (bicyclic) bond motifs is 1. The number of ketones is 1. The van der Waals surface area contributed by atoms with Crippen LogP contribution in [0.3, 0.4) is 0 Å². The van der Waals surface area contributed by atoms with Gasteiger partial charge in [-0.05, 0) is 36.9 Å². The molecule has 0 radical (unpaired) electrons. The molecular weight excluding hydrogens is 226 g/mol. The van der Waals surface area contributed by atoms with E-state index in [4.69, 9.17) is 4.74 Å². The molecule has 1 fully saturated rings. The second-order valence-corrected chi connectivity index (χ2v) is 5.12. The maximum Gasteiger partial charge on any atom is 0.166 e. The van der Waals surface area contributed by atoms with Crippen LogP contribution in [0.1, 0.15) is 34.3 Å². The number of Topliss-reactive ketones (excluding diaryl/α,β-unsaturated/α-hetero) is 1. The fourth-order valence-electron chi connectivity index (χ4n) is 2.94. The van der Waals surface area contributed by atoms with Gasteiger partial charge in [0.2, 0.25) is 0 Å². The fourth-order valence-corrected chi connectivity index (χ4v) is 2.94. The van der Waals surface area contributed by atoms with E-state index in [1.165, 1.54) is 11.1 Å². The van der Waals surface area contributed by atoms with Crippen molar-refractivity contribution < 1.29 is 9.53 Å². The molecule has 2 heterocycles. The molecule has 2 aliphatic rings. The van der Waals surface area contributed by atoms with E-state index < -0.39 is 0 Å². The number of hydrogen-bond acceptors (Lipinski definition) is 3. The van der Waals surface area contributed by atoms with E-state index in [0.717, 1.165) is 51.1 Å². The largest absolute Gasteiger partial charge is 0.381 e. The zero-order valence-electron chi connectivity index (χ0n) is 10.6. The third-order valence-electron chi connectivity index (χ3n) is 4.00. The molecule has 3 rings (SSSR count). The molecule has 1 aromatic rings. The first-order valence-electron chi connectivity index (χ1n) is 6.79. The maximum absolute atomic E-state index is 12.6. The average Bonchev–Trinajstić information content (AvgIpc) is 2.47. The number of carbonyl (C=O) groups excluding carboxylic acids is 1. The quantitative estimate of drug-likeness (QED) is 0.809. The fraction of sp³-hybridized carbons (Fsp3) is 0.533. The van der Waals surface area contributed by atoms with Crippen LogP contribution in [-0.4, -0.2) is 25.5 Å². The van der Waals surface area contributed by atoms with Crippen LogP contribution < -0.4 is 5.32 Å². The summed E-state index contributed by atoms with van der Waals surface area (Å²) in [5.74, 6) is 0.497. The van der Waals surface area contributed by atoms with Gasteiger partial charge < -0.3 is 10.1 Å². The first-order valence-corrected chi connectivity index (χ1v) is 6.79. The zero-order valence-corrected chi connectivity index (χ0v) is 10.6. The summed E-state index contributed by atoms with van der Waals surface area (Å²) in [7, 11) is 0. The predicted molar refractivity (Wildman–Crippen MR) is 69.7 cm³/mol. The Balaban J connectivity index is 1.89. The van der Waals surface area contributed by atoms with E-state index in [2.05, 4.69) is 11.4 Å². The minimum absolute atomic E-state index is 0.167. The Kier molecular flexibility index (Phi) is 3.43. The van der Waals surface area contributed by atoms with Crippen LogP contribution in [0.15, 0.2) is 18.2 Å². The minimum atomic E-state index is 0.167. The molecule has 0 spiro atoms. The Morgan fingerprint density at radius 1 is 1.28 bits per heavy atom. The second kappa shape index (κ2) is 5.21. The van der Waals surface area contributed by atoms with Gasteiger partial charge in [-0.1, -0.05) is 18.2 Å². The number of carbonyl (C=O) groups is 1. The van der Waals surface area contributed by atoms with Gasteiger partial charge in [-0.2, -0.15) is 0 Å². The van der Waals surface area contributed by atoms with E-state index in [0.29, 0.717) is 5.78 Å². The molecule has 1 aromatic carbocycles. The summed E-state index contributed by atoms with van der Waals surface area (Å²) < 4.78 is 5.34. The maximum atomic E-state index is 12.6. The van der Waals surface area contributed by atoms with Crippen molar-refractivity contribution in [2.24, 2.45) is 5.92 Å². The van der Waals surface area contributed by atoms with Crippen molar-refractivity contribution >= 4 is 5.78 Å². The summed E-state index contributed by atoms with van der Waals surface area (Å²) in [4.78, 5) is 12.6. The van der Waals surface area contributed by atoms with E-state index in [1.807, 2.05) is 12.1 Å². The summed E-state index contributed by atoms with van der Waals surface area (Å²) >= 11 is 0. The van der Waals surface area contributed by atoms with Gasteiger partial charge in [0.1, 0.15) is 0 Å². The van der Waals surface area contributed by atoms with Crippen molar-refractivity contribution in [2.75, 3.05) is 19.8 Å². The van der Waals surface area contributed by atoms with Crippen molar-refractivity contribution in [3.05, 3.63) is 34.9 Å². The van der Waals surface area contributed by atoms with E-state index in [1.54, 1.807) is 0 Å². The van der Waals surface area contributed by atoms with Gasteiger partial charge in [-0.15, -0.1) is 0 Å². The number of hydrogen-bond donors (Lipinski definition) is 1. The average molecular weight is 245 g/mol. The van der Waals surface area contributed by atoms with Crippen LogP contribution >= 0.6 is 0 Å². The number of nitrogens with one attached hydrogen (secondary N) is 1. The third kappa shape index (κ3) is 2.20. The third-order valence-corrected chi connectivity index (χ3v) is 4.00. The van der Waals surface area contributed by atoms with Crippen LogP contribution in [0.2, 0.25) is 0 Å². The van der Waals surface area contributed by atoms with Crippen molar-refractivity contribution in [3.63, 3.8) is 0 Å². The molecule has 2 aliphatic heterocycles. The molecule has 0 bridgehead atoms. The number of benzene rings is 1.